The van der Waals surface area contributed by atoms with Gasteiger partial charge in [-0.1, -0.05) is 39.0 Å². The first-order valence-corrected chi connectivity index (χ1v) is 9.84. The minimum absolute atomic E-state index is 0.625. The Morgan fingerprint density at radius 3 is 2.56 bits per heavy atom. The molecular weight excluding hydrogens is 314 g/mol. The molecule has 6 nitrogen and oxygen atoms in total. The number of hydrogen-bond donors (Lipinski definition) is 2. The number of hydrogen-bond acceptors (Lipinski definition) is 3. The van der Waals surface area contributed by atoms with Crippen LogP contribution in [0.1, 0.15) is 64.5 Å². The normalized spacial score (nSPS) is 11.7. The van der Waals surface area contributed by atoms with E-state index >= 15 is 0 Å². The van der Waals surface area contributed by atoms with Crippen LogP contribution in [0.2, 0.25) is 0 Å². The van der Waals surface area contributed by atoms with Crippen LogP contribution in [0.5, 0.6) is 0 Å². The smallest absolute Gasteiger partial charge is 0.191 e. The average Bonchev–Trinajstić information content (AvgIpc) is 3.02. The number of aryl methyl sites for hydroxylation is 1. The summed E-state index contributed by atoms with van der Waals surface area (Å²) in [7, 11) is 1.94. The van der Waals surface area contributed by atoms with Crippen molar-refractivity contribution in [3.05, 3.63) is 18.0 Å². The molecule has 6 heteroatoms. The van der Waals surface area contributed by atoms with Gasteiger partial charge in [0.1, 0.15) is 0 Å². The maximum Gasteiger partial charge on any atom is 0.191 e. The molecule has 1 rings (SSSR count). The summed E-state index contributed by atoms with van der Waals surface area (Å²) in [6, 6.07) is 1.99. The second-order valence-corrected chi connectivity index (χ2v) is 6.30. The van der Waals surface area contributed by atoms with E-state index < -0.39 is 0 Å². The Morgan fingerprint density at radius 2 is 1.84 bits per heavy atom. The van der Waals surface area contributed by atoms with Crippen LogP contribution in [0, 0.1) is 0 Å². The highest BCUT2D eigenvalue weighted by atomic mass is 16.5. The molecule has 0 unspecified atom stereocenters. The molecule has 1 aromatic rings. The Labute approximate surface area is 153 Å². The molecule has 1 aromatic heterocycles. The summed E-state index contributed by atoms with van der Waals surface area (Å²) < 4.78 is 7.56. The summed E-state index contributed by atoms with van der Waals surface area (Å²) in [6.45, 7) is 8.37. The van der Waals surface area contributed by atoms with Crippen molar-refractivity contribution in [2.75, 3.05) is 26.3 Å². The summed E-state index contributed by atoms with van der Waals surface area (Å²) in [5.41, 5.74) is 1.10. The lowest BCUT2D eigenvalue weighted by Gasteiger charge is -2.11. The molecule has 2 N–H and O–H groups in total. The van der Waals surface area contributed by atoms with Gasteiger partial charge in [0.15, 0.2) is 5.96 Å². The van der Waals surface area contributed by atoms with Crippen LogP contribution in [0.15, 0.2) is 17.3 Å². The van der Waals surface area contributed by atoms with E-state index in [9.17, 15) is 0 Å². The lowest BCUT2D eigenvalue weighted by atomic mass is 10.1. The zero-order valence-electron chi connectivity index (χ0n) is 16.4. The fourth-order valence-corrected chi connectivity index (χ4v) is 2.53. The highest BCUT2D eigenvalue weighted by Gasteiger charge is 2.00. The molecule has 0 fully saturated rings. The molecule has 0 bridgehead atoms. The van der Waals surface area contributed by atoms with Gasteiger partial charge in [0.2, 0.25) is 0 Å². The Balaban J connectivity index is 2.06. The minimum Gasteiger partial charge on any atom is -0.381 e. The molecule has 0 aliphatic rings. The molecule has 0 atom stereocenters. The van der Waals surface area contributed by atoms with Crippen molar-refractivity contribution in [3.63, 3.8) is 0 Å². The highest BCUT2D eigenvalue weighted by molar-refractivity contribution is 5.79. The lowest BCUT2D eigenvalue weighted by molar-refractivity contribution is 0.128. The molecule has 0 radical (unpaired) electrons. The second-order valence-electron chi connectivity index (χ2n) is 6.30. The first-order chi connectivity index (χ1) is 12.3. The number of aliphatic imine (C=N–C) groups is 1. The van der Waals surface area contributed by atoms with Crippen LogP contribution < -0.4 is 10.6 Å². The third-order valence-corrected chi connectivity index (χ3v) is 4.07. The molecule has 0 aliphatic carbocycles. The van der Waals surface area contributed by atoms with Crippen molar-refractivity contribution in [2.45, 2.75) is 65.3 Å². The largest absolute Gasteiger partial charge is 0.381 e. The number of nitrogens with zero attached hydrogens (tertiary/aromatic N) is 3. The van der Waals surface area contributed by atoms with Crippen LogP contribution in [0.4, 0.5) is 0 Å². The Kier molecular flexibility index (Phi) is 12.7. The number of aromatic nitrogens is 2. The topological polar surface area (TPSA) is 63.5 Å². The van der Waals surface area contributed by atoms with Gasteiger partial charge in [0.25, 0.3) is 0 Å². The van der Waals surface area contributed by atoms with Crippen LogP contribution in [-0.4, -0.2) is 42.0 Å². The molecule has 0 saturated heterocycles. The number of guanidine groups is 1. The molecule has 0 saturated carbocycles. The van der Waals surface area contributed by atoms with Gasteiger partial charge in [0, 0.05) is 39.5 Å². The molecular formula is C19H37N5O. The zero-order valence-corrected chi connectivity index (χ0v) is 16.4. The van der Waals surface area contributed by atoms with E-state index in [2.05, 4.69) is 34.6 Å². The third kappa shape index (κ3) is 10.8. The first kappa shape index (κ1) is 21.5. The highest BCUT2D eigenvalue weighted by Crippen LogP contribution is 2.04. The Bertz CT molecular complexity index is 458. The van der Waals surface area contributed by atoms with Crippen molar-refractivity contribution in [1.29, 1.82) is 0 Å². The molecule has 0 aliphatic heterocycles. The molecule has 0 aromatic carbocycles. The van der Waals surface area contributed by atoms with E-state index in [1.165, 1.54) is 38.5 Å². The average molecular weight is 352 g/mol. The van der Waals surface area contributed by atoms with Crippen molar-refractivity contribution in [2.24, 2.45) is 12.0 Å². The summed E-state index contributed by atoms with van der Waals surface area (Å²) in [5.74, 6) is 0.847. The molecule has 144 valence electrons. The van der Waals surface area contributed by atoms with E-state index in [1.807, 2.05) is 17.8 Å². The predicted octanol–water partition coefficient (Wildman–Crippen LogP) is 3.24. The number of rotatable bonds is 14. The molecule has 25 heavy (non-hydrogen) atoms. The molecule has 0 amide bonds. The van der Waals surface area contributed by atoms with Gasteiger partial charge in [-0.05, 0) is 25.8 Å². The van der Waals surface area contributed by atoms with Crippen LogP contribution in [0.3, 0.4) is 0 Å². The first-order valence-electron chi connectivity index (χ1n) is 9.84. The number of unbranched alkanes of at least 4 members (excludes halogenated alkanes) is 5. The van der Waals surface area contributed by atoms with Gasteiger partial charge < -0.3 is 15.4 Å². The van der Waals surface area contributed by atoms with E-state index in [1.54, 1.807) is 6.20 Å². The van der Waals surface area contributed by atoms with Gasteiger partial charge in [-0.2, -0.15) is 5.10 Å². The molecule has 1 heterocycles. The zero-order chi connectivity index (χ0) is 18.2. The molecule has 0 spiro atoms. The van der Waals surface area contributed by atoms with Crippen LogP contribution in [-0.2, 0) is 18.3 Å². The minimum atomic E-state index is 0.625. The third-order valence-electron chi connectivity index (χ3n) is 4.07. The quantitative estimate of drug-likeness (QED) is 0.307. The second kappa shape index (κ2) is 14.8. The van der Waals surface area contributed by atoms with Crippen molar-refractivity contribution in [1.82, 2.24) is 20.4 Å². The maximum absolute atomic E-state index is 5.70. The van der Waals surface area contributed by atoms with E-state index in [0.29, 0.717) is 6.54 Å². The predicted molar refractivity (Wildman–Crippen MR) is 105 cm³/mol. The Hall–Kier alpha value is -1.56. The maximum atomic E-state index is 5.70. The monoisotopic (exact) mass is 351 g/mol. The van der Waals surface area contributed by atoms with Gasteiger partial charge >= 0.3 is 0 Å². The summed E-state index contributed by atoms with van der Waals surface area (Å²) >= 11 is 0. The Morgan fingerprint density at radius 1 is 1.08 bits per heavy atom. The fraction of sp³-hybridized carbons (Fsp3) is 0.789. The number of ether oxygens (including phenoxy) is 1. The SMILES string of the molecule is CCCCCCCCOCCCNC(=NCc1ccnn1C)NCC. The lowest BCUT2D eigenvalue weighted by Crippen LogP contribution is -2.38. The van der Waals surface area contributed by atoms with Crippen LogP contribution >= 0.6 is 0 Å². The van der Waals surface area contributed by atoms with Crippen molar-refractivity contribution < 1.29 is 4.74 Å². The summed E-state index contributed by atoms with van der Waals surface area (Å²) in [4.78, 5) is 4.59. The number of nitrogens with one attached hydrogen (secondary N) is 2. The fourth-order valence-electron chi connectivity index (χ4n) is 2.53. The van der Waals surface area contributed by atoms with Crippen molar-refractivity contribution in [3.8, 4) is 0 Å². The standard InChI is InChI=1S/C19H37N5O/c1-4-6-7-8-9-10-15-25-16-11-13-21-19(20-5-2)22-17-18-12-14-23-24(18)3/h12,14H,4-11,13,15-17H2,1-3H3,(H2,20,21,22). The van der Waals surface area contributed by atoms with Gasteiger partial charge in [-0.15, -0.1) is 0 Å². The summed E-state index contributed by atoms with van der Waals surface area (Å²) in [6.07, 6.45) is 10.7. The van der Waals surface area contributed by atoms with E-state index in [4.69, 9.17) is 4.74 Å². The van der Waals surface area contributed by atoms with Gasteiger partial charge in [0.05, 0.1) is 12.2 Å². The van der Waals surface area contributed by atoms with Crippen molar-refractivity contribution >= 4 is 5.96 Å². The van der Waals surface area contributed by atoms with Gasteiger partial charge in [-0.3, -0.25) is 4.68 Å². The summed E-state index contributed by atoms with van der Waals surface area (Å²) in [5, 5.41) is 10.8. The van der Waals surface area contributed by atoms with Crippen LogP contribution in [0.25, 0.3) is 0 Å². The van der Waals surface area contributed by atoms with E-state index in [-0.39, 0.29) is 0 Å². The van der Waals surface area contributed by atoms with E-state index in [0.717, 1.165) is 44.4 Å². The van der Waals surface area contributed by atoms with Gasteiger partial charge in [-0.25, -0.2) is 4.99 Å².